The molecule has 0 heterocycles. The third-order valence-electron chi connectivity index (χ3n) is 16.4. The molecule has 0 rings (SSSR count). The molecule has 0 saturated heterocycles. The first-order valence-corrected chi connectivity index (χ1v) is 34.7. The van der Waals surface area contributed by atoms with Gasteiger partial charge in [-0.2, -0.15) is 0 Å². The standard InChI is InChI=1S/C64H120N22O15/c1-12-36(9)50(85-58(96)43(24-25-45(68)87)79-46(88)31-75-54(92)44(30-33(3)4)82-53(91)39(67)20-14-16-26-65)59(97)76-32-47(89)78-40(22-18-28-73-63(69)70)55(93)77-38(11)52(90)80-41(21-15-17-27-66)56(94)81-42(23-19-29-74-64(71)72)57(95)83-48(34(5)6)60(98)84-49(35(7)8)61(99)86-51(62(100)101)37(10)13-2/h33-44,48-51H,12-32,65-67H2,1-11H3,(H2,68,87)(H,75,92)(H,76,97)(H,77,93)(H,78,89)(H,79,88)(H,80,90)(H,81,94)(H,82,91)(H,83,95)(H,84,98)(H,85,96)(H,86,99)(H,100,101)(H4,69,70,73)(H4,71,72,74)/t36-,37-,38-,39-,40-,41-,42-,43-,44-,48-,49-,50-,51-/m0/s1. The molecule has 0 aromatic carbocycles. The fourth-order valence-corrected chi connectivity index (χ4v) is 9.94. The summed E-state index contributed by atoms with van der Waals surface area (Å²) < 4.78 is 0. The Labute approximate surface area is 592 Å². The SMILES string of the molecule is CC[C@H](C)[C@H](NC(=O)[C@@H](NC(=O)[C@@H](NC(=O)[C@H](CCCN=C(N)N)NC(=O)[C@H](CCCCN)NC(=O)[C@H](C)NC(=O)[C@H](CCCN=C(N)N)NC(=O)CNC(=O)[C@@H](NC(=O)[C@H](CCC(N)=O)NC(=O)CNC(=O)[C@H](CC(C)C)NC(=O)[C@@H](N)CCCCN)[C@@H](C)CC)C(C)C)C(C)C)C(=O)O. The molecule has 0 aliphatic carbocycles. The minimum absolute atomic E-state index is 0.00416. The van der Waals surface area contributed by atoms with Crippen molar-refractivity contribution >= 4 is 94.7 Å². The summed E-state index contributed by atoms with van der Waals surface area (Å²) in [5.74, 6) is -14.7. The molecule has 0 aliphatic heterocycles. The second-order valence-corrected chi connectivity index (χ2v) is 26.3. The van der Waals surface area contributed by atoms with Gasteiger partial charge in [-0.25, -0.2) is 4.79 Å². The number of rotatable bonds is 52. The van der Waals surface area contributed by atoms with Crippen LogP contribution in [0.1, 0.15) is 172 Å². The number of nitrogens with zero attached hydrogens (tertiary/aromatic N) is 2. The van der Waals surface area contributed by atoms with Gasteiger partial charge in [0.25, 0.3) is 0 Å². The molecule has 37 heteroatoms. The van der Waals surface area contributed by atoms with E-state index < -0.39 is 186 Å². The molecular weight excluding hydrogens is 1320 g/mol. The van der Waals surface area contributed by atoms with Gasteiger partial charge >= 0.3 is 5.97 Å². The second kappa shape index (κ2) is 49.5. The summed E-state index contributed by atoms with van der Waals surface area (Å²) in [6, 6.07) is -14.1. The minimum atomic E-state index is -1.47. The summed E-state index contributed by atoms with van der Waals surface area (Å²) in [6.45, 7) is 17.5. The number of guanidine groups is 2. The van der Waals surface area contributed by atoms with Crippen molar-refractivity contribution in [3.8, 4) is 0 Å². The van der Waals surface area contributed by atoms with Crippen LogP contribution in [-0.2, 0) is 67.1 Å². The zero-order valence-corrected chi connectivity index (χ0v) is 60.8. The van der Waals surface area contributed by atoms with Crippen LogP contribution in [0.3, 0.4) is 0 Å². The number of aliphatic imine (C=N–C) groups is 2. The normalized spacial score (nSPS) is 15.0. The first-order valence-electron chi connectivity index (χ1n) is 34.7. The number of nitrogens with one attached hydrogen (secondary N) is 12. The molecule has 13 atom stereocenters. The highest BCUT2D eigenvalue weighted by Gasteiger charge is 2.37. The van der Waals surface area contributed by atoms with E-state index in [2.05, 4.69) is 73.8 Å². The van der Waals surface area contributed by atoms with Crippen LogP contribution in [0.4, 0.5) is 0 Å². The maximum Gasteiger partial charge on any atom is 0.326 e. The van der Waals surface area contributed by atoms with E-state index in [1.807, 2.05) is 13.8 Å². The molecule has 0 spiro atoms. The highest BCUT2D eigenvalue weighted by Crippen LogP contribution is 2.15. The van der Waals surface area contributed by atoms with Gasteiger partial charge in [-0.05, 0) is 120 Å². The van der Waals surface area contributed by atoms with Crippen molar-refractivity contribution in [3.05, 3.63) is 0 Å². The van der Waals surface area contributed by atoms with Crippen molar-refractivity contribution in [1.82, 2.24) is 63.8 Å². The number of carboxylic acid groups (broad SMARTS) is 1. The molecule has 37 nitrogen and oxygen atoms in total. The molecule has 576 valence electrons. The maximum absolute atomic E-state index is 14.3. The number of carboxylic acids is 1. The molecule has 0 aliphatic rings. The summed E-state index contributed by atoms with van der Waals surface area (Å²) in [5.41, 5.74) is 44.9. The van der Waals surface area contributed by atoms with Crippen molar-refractivity contribution in [3.63, 3.8) is 0 Å². The molecule has 0 saturated carbocycles. The molecule has 0 unspecified atom stereocenters. The Kier molecular flexibility index (Phi) is 45.1. The Morgan fingerprint density at radius 2 is 0.762 bits per heavy atom. The van der Waals surface area contributed by atoms with Gasteiger partial charge in [0, 0.05) is 19.5 Å². The Hall–Kier alpha value is -9.00. The molecule has 13 amide bonds. The minimum Gasteiger partial charge on any atom is -0.480 e. The third kappa shape index (κ3) is 37.8. The third-order valence-corrected chi connectivity index (χ3v) is 16.4. The number of carbonyl (C=O) groups is 14. The second-order valence-electron chi connectivity index (χ2n) is 26.3. The van der Waals surface area contributed by atoms with Gasteiger partial charge in [-0.1, -0.05) is 88.5 Å². The van der Waals surface area contributed by atoms with Gasteiger partial charge in [0.05, 0.1) is 19.1 Å². The number of hydrogen-bond donors (Lipinski definition) is 21. The van der Waals surface area contributed by atoms with E-state index in [9.17, 15) is 72.2 Å². The van der Waals surface area contributed by atoms with Crippen LogP contribution in [0.15, 0.2) is 9.98 Å². The number of aliphatic carboxylic acids is 1. The summed E-state index contributed by atoms with van der Waals surface area (Å²) in [6.07, 6.45) is 2.46. The molecule has 0 fully saturated rings. The fourth-order valence-electron chi connectivity index (χ4n) is 9.94. The van der Waals surface area contributed by atoms with E-state index in [1.165, 1.54) is 6.92 Å². The van der Waals surface area contributed by atoms with E-state index in [0.29, 0.717) is 51.5 Å². The fraction of sp³-hybridized carbons (Fsp3) is 0.750. The zero-order valence-electron chi connectivity index (χ0n) is 60.8. The molecular formula is C64H120N22O15. The quantitative estimate of drug-likeness (QED) is 0.0154. The van der Waals surface area contributed by atoms with Gasteiger partial charge in [-0.3, -0.25) is 72.3 Å². The van der Waals surface area contributed by atoms with Crippen molar-refractivity contribution in [1.29, 1.82) is 0 Å². The number of hydrogen-bond acceptors (Lipinski definition) is 19. The van der Waals surface area contributed by atoms with Crippen LogP contribution < -0.4 is 110 Å². The van der Waals surface area contributed by atoms with Gasteiger partial charge in [-0.15, -0.1) is 0 Å². The van der Waals surface area contributed by atoms with Gasteiger partial charge in [0.1, 0.15) is 60.4 Å². The lowest BCUT2D eigenvalue weighted by Gasteiger charge is -2.30. The van der Waals surface area contributed by atoms with Crippen LogP contribution in [0.5, 0.6) is 0 Å². The summed E-state index contributed by atoms with van der Waals surface area (Å²) in [7, 11) is 0. The molecule has 0 aromatic rings. The number of unbranched alkanes of at least 4 members (excludes halogenated alkanes) is 2. The molecule has 0 bridgehead atoms. The van der Waals surface area contributed by atoms with E-state index in [4.69, 9.17) is 45.9 Å². The smallest absolute Gasteiger partial charge is 0.326 e. The maximum atomic E-state index is 14.3. The highest BCUT2D eigenvalue weighted by molar-refractivity contribution is 5.99. The molecule has 101 heavy (non-hydrogen) atoms. The Balaban J connectivity index is 6.66. The van der Waals surface area contributed by atoms with Crippen LogP contribution in [0.25, 0.3) is 0 Å². The lowest BCUT2D eigenvalue weighted by atomic mass is 9.96. The van der Waals surface area contributed by atoms with E-state index in [1.54, 1.807) is 55.4 Å². The van der Waals surface area contributed by atoms with Gasteiger partial charge in [0.2, 0.25) is 76.8 Å². The Morgan fingerprint density at radius 3 is 1.20 bits per heavy atom. The van der Waals surface area contributed by atoms with Crippen LogP contribution in [0.2, 0.25) is 0 Å². The predicted octanol–water partition coefficient (Wildman–Crippen LogP) is -5.42. The topological polar surface area (TPSA) is 636 Å². The van der Waals surface area contributed by atoms with Crippen LogP contribution in [-0.4, -0.2) is 206 Å². The van der Waals surface area contributed by atoms with Crippen LogP contribution >= 0.6 is 0 Å². The van der Waals surface area contributed by atoms with Crippen molar-refractivity contribution in [2.45, 2.75) is 239 Å². The van der Waals surface area contributed by atoms with Crippen molar-refractivity contribution < 1.29 is 72.2 Å². The van der Waals surface area contributed by atoms with Gasteiger partial charge < -0.3 is 115 Å². The zero-order chi connectivity index (χ0) is 77.2. The molecule has 29 N–H and O–H groups in total. The first kappa shape index (κ1) is 92.0. The Bertz CT molecular complexity index is 2760. The van der Waals surface area contributed by atoms with Gasteiger partial charge in [0.15, 0.2) is 11.9 Å². The van der Waals surface area contributed by atoms with Crippen LogP contribution in [0, 0.1) is 29.6 Å². The summed E-state index contributed by atoms with van der Waals surface area (Å²) in [4.78, 5) is 197. The van der Waals surface area contributed by atoms with E-state index in [-0.39, 0.29) is 88.8 Å². The number of primary amides is 1. The summed E-state index contributed by atoms with van der Waals surface area (Å²) in [5, 5.41) is 40.6. The lowest BCUT2D eigenvalue weighted by Crippen LogP contribution is -2.61. The largest absolute Gasteiger partial charge is 0.480 e. The predicted molar refractivity (Wildman–Crippen MR) is 379 cm³/mol. The highest BCUT2D eigenvalue weighted by atomic mass is 16.4. The first-order chi connectivity index (χ1) is 47.3. The molecule has 0 radical (unpaired) electrons. The summed E-state index contributed by atoms with van der Waals surface area (Å²) >= 11 is 0. The monoisotopic (exact) mass is 1440 g/mol. The number of carbonyl (C=O) groups excluding carboxylic acids is 13. The number of amides is 13. The molecule has 0 aromatic heterocycles. The average Bonchev–Trinajstić information content (AvgIpc) is 0.869. The Morgan fingerprint density at radius 1 is 0.386 bits per heavy atom. The van der Waals surface area contributed by atoms with Crippen molar-refractivity contribution in [2.75, 3.05) is 39.3 Å². The van der Waals surface area contributed by atoms with E-state index >= 15 is 0 Å². The average molecular weight is 1440 g/mol. The van der Waals surface area contributed by atoms with Crippen molar-refractivity contribution in [2.24, 2.45) is 85.4 Å². The lowest BCUT2D eigenvalue weighted by molar-refractivity contribution is -0.144. The number of nitrogens with two attached hydrogens (primary N) is 8. The van der Waals surface area contributed by atoms with E-state index in [0.717, 1.165) is 0 Å².